The van der Waals surface area contributed by atoms with E-state index >= 15 is 0 Å². The second-order valence-electron chi connectivity index (χ2n) is 3.35. The molecule has 0 aliphatic rings. The van der Waals surface area contributed by atoms with E-state index in [4.69, 9.17) is 9.84 Å². The summed E-state index contributed by atoms with van der Waals surface area (Å²) < 4.78 is 5.36. The summed E-state index contributed by atoms with van der Waals surface area (Å²) in [4.78, 5) is 0. The number of unbranched alkanes of at least 4 members (excludes halogenated alkanes) is 1. The molecule has 0 aliphatic carbocycles. The molecule has 0 aromatic rings. The molecule has 0 saturated heterocycles. The fourth-order valence-electron chi connectivity index (χ4n) is 0.929. The minimum atomic E-state index is -0.200. The standard InChI is InChI=1S/C10H23NO2/c1-3-4-8-13-9-7-11-6-5-10(2)12/h10-12H,3-9H2,1-2H3. The van der Waals surface area contributed by atoms with Gasteiger partial charge in [-0.25, -0.2) is 0 Å². The summed E-state index contributed by atoms with van der Waals surface area (Å²) in [5.41, 5.74) is 0. The van der Waals surface area contributed by atoms with Gasteiger partial charge in [0.2, 0.25) is 0 Å². The number of nitrogens with one attached hydrogen (secondary N) is 1. The molecule has 1 atom stereocenters. The highest BCUT2D eigenvalue weighted by Crippen LogP contribution is 1.87. The molecule has 80 valence electrons. The van der Waals surface area contributed by atoms with Gasteiger partial charge in [-0.05, 0) is 26.3 Å². The van der Waals surface area contributed by atoms with Gasteiger partial charge in [0.1, 0.15) is 0 Å². The highest BCUT2D eigenvalue weighted by molar-refractivity contribution is 4.51. The molecule has 3 heteroatoms. The molecule has 0 aromatic heterocycles. The van der Waals surface area contributed by atoms with Crippen molar-refractivity contribution in [3.05, 3.63) is 0 Å². The van der Waals surface area contributed by atoms with Gasteiger partial charge in [0.15, 0.2) is 0 Å². The zero-order valence-electron chi connectivity index (χ0n) is 8.88. The Balaban J connectivity index is 2.84. The van der Waals surface area contributed by atoms with Gasteiger partial charge in [-0.2, -0.15) is 0 Å². The summed E-state index contributed by atoms with van der Waals surface area (Å²) >= 11 is 0. The van der Waals surface area contributed by atoms with Gasteiger partial charge in [-0.1, -0.05) is 13.3 Å². The lowest BCUT2D eigenvalue weighted by Crippen LogP contribution is -2.23. The smallest absolute Gasteiger partial charge is 0.0590 e. The highest BCUT2D eigenvalue weighted by atomic mass is 16.5. The molecule has 0 aromatic carbocycles. The summed E-state index contributed by atoms with van der Waals surface area (Å²) in [7, 11) is 0. The van der Waals surface area contributed by atoms with Crippen molar-refractivity contribution in [3.63, 3.8) is 0 Å². The maximum atomic E-state index is 8.95. The van der Waals surface area contributed by atoms with E-state index in [1.807, 2.05) is 0 Å². The third kappa shape index (κ3) is 11.9. The lowest BCUT2D eigenvalue weighted by molar-refractivity contribution is 0.131. The van der Waals surface area contributed by atoms with Crippen molar-refractivity contribution in [2.24, 2.45) is 0 Å². The topological polar surface area (TPSA) is 41.5 Å². The number of rotatable bonds is 9. The van der Waals surface area contributed by atoms with Crippen LogP contribution in [0, 0.1) is 0 Å². The Morgan fingerprint density at radius 3 is 2.69 bits per heavy atom. The third-order valence-electron chi connectivity index (χ3n) is 1.80. The Kier molecular flexibility index (Phi) is 9.87. The Labute approximate surface area is 81.5 Å². The summed E-state index contributed by atoms with van der Waals surface area (Å²) in [6, 6.07) is 0. The lowest BCUT2D eigenvalue weighted by atomic mass is 10.3. The molecular weight excluding hydrogens is 166 g/mol. The first-order chi connectivity index (χ1) is 6.27. The van der Waals surface area contributed by atoms with Gasteiger partial charge in [0.25, 0.3) is 0 Å². The van der Waals surface area contributed by atoms with Crippen molar-refractivity contribution in [2.45, 2.75) is 39.2 Å². The zero-order chi connectivity index (χ0) is 9.94. The first kappa shape index (κ1) is 12.9. The first-order valence-corrected chi connectivity index (χ1v) is 5.24. The van der Waals surface area contributed by atoms with Crippen molar-refractivity contribution < 1.29 is 9.84 Å². The normalized spacial score (nSPS) is 13.2. The number of hydrogen-bond acceptors (Lipinski definition) is 3. The van der Waals surface area contributed by atoms with Crippen molar-refractivity contribution in [1.82, 2.24) is 5.32 Å². The number of aliphatic hydroxyl groups excluding tert-OH is 1. The average molecular weight is 189 g/mol. The summed E-state index contributed by atoms with van der Waals surface area (Å²) in [5.74, 6) is 0. The predicted octanol–water partition coefficient (Wildman–Crippen LogP) is 1.16. The van der Waals surface area contributed by atoms with E-state index in [0.717, 1.165) is 39.1 Å². The number of hydrogen-bond donors (Lipinski definition) is 2. The third-order valence-corrected chi connectivity index (χ3v) is 1.80. The van der Waals surface area contributed by atoms with E-state index in [0.29, 0.717) is 0 Å². The SMILES string of the molecule is CCCCOCCNCCC(C)O. The van der Waals surface area contributed by atoms with Crippen molar-refractivity contribution >= 4 is 0 Å². The van der Waals surface area contributed by atoms with Crippen LogP contribution in [0.2, 0.25) is 0 Å². The molecule has 1 unspecified atom stereocenters. The molecule has 13 heavy (non-hydrogen) atoms. The molecule has 0 amide bonds. The van der Waals surface area contributed by atoms with Gasteiger partial charge in [-0.3, -0.25) is 0 Å². The molecule has 0 bridgehead atoms. The van der Waals surface area contributed by atoms with E-state index in [9.17, 15) is 0 Å². The molecule has 0 fully saturated rings. The summed E-state index contributed by atoms with van der Waals surface area (Å²) in [6.45, 7) is 7.36. The highest BCUT2D eigenvalue weighted by Gasteiger charge is 1.93. The van der Waals surface area contributed by atoms with Crippen LogP contribution >= 0.6 is 0 Å². The zero-order valence-corrected chi connectivity index (χ0v) is 8.88. The van der Waals surface area contributed by atoms with Crippen LogP contribution in [0.25, 0.3) is 0 Å². The van der Waals surface area contributed by atoms with E-state index in [1.54, 1.807) is 6.92 Å². The maximum absolute atomic E-state index is 8.95. The number of ether oxygens (including phenoxy) is 1. The largest absolute Gasteiger partial charge is 0.393 e. The molecule has 2 N–H and O–H groups in total. The van der Waals surface area contributed by atoms with E-state index in [2.05, 4.69) is 12.2 Å². The van der Waals surface area contributed by atoms with Gasteiger partial charge >= 0.3 is 0 Å². The van der Waals surface area contributed by atoms with Crippen LogP contribution in [0.4, 0.5) is 0 Å². The van der Waals surface area contributed by atoms with Crippen molar-refractivity contribution in [3.8, 4) is 0 Å². The van der Waals surface area contributed by atoms with Gasteiger partial charge in [0, 0.05) is 13.2 Å². The predicted molar refractivity (Wildman–Crippen MR) is 54.9 cm³/mol. The first-order valence-electron chi connectivity index (χ1n) is 5.24. The van der Waals surface area contributed by atoms with Crippen LogP contribution in [-0.2, 0) is 4.74 Å². The minimum Gasteiger partial charge on any atom is -0.393 e. The summed E-state index contributed by atoms with van der Waals surface area (Å²) in [6.07, 6.45) is 2.95. The Morgan fingerprint density at radius 1 is 1.31 bits per heavy atom. The second-order valence-corrected chi connectivity index (χ2v) is 3.35. The fourth-order valence-corrected chi connectivity index (χ4v) is 0.929. The molecular formula is C10H23NO2. The van der Waals surface area contributed by atoms with Crippen LogP contribution < -0.4 is 5.32 Å². The monoisotopic (exact) mass is 189 g/mol. The van der Waals surface area contributed by atoms with Crippen molar-refractivity contribution in [2.75, 3.05) is 26.3 Å². The molecule has 0 heterocycles. The number of aliphatic hydroxyl groups is 1. The molecule has 0 saturated carbocycles. The van der Waals surface area contributed by atoms with Crippen LogP contribution in [0.5, 0.6) is 0 Å². The van der Waals surface area contributed by atoms with Crippen molar-refractivity contribution in [1.29, 1.82) is 0 Å². The summed E-state index contributed by atoms with van der Waals surface area (Å²) in [5, 5.41) is 12.2. The van der Waals surface area contributed by atoms with E-state index in [1.165, 1.54) is 6.42 Å². The van der Waals surface area contributed by atoms with Crippen LogP contribution in [0.15, 0.2) is 0 Å². The van der Waals surface area contributed by atoms with Crippen LogP contribution in [0.1, 0.15) is 33.1 Å². The van der Waals surface area contributed by atoms with Gasteiger partial charge in [-0.15, -0.1) is 0 Å². The average Bonchev–Trinajstić information content (AvgIpc) is 2.09. The molecule has 0 rings (SSSR count). The van der Waals surface area contributed by atoms with E-state index in [-0.39, 0.29) is 6.10 Å². The van der Waals surface area contributed by atoms with Crippen LogP contribution in [-0.4, -0.2) is 37.5 Å². The molecule has 0 radical (unpaired) electrons. The quantitative estimate of drug-likeness (QED) is 0.535. The van der Waals surface area contributed by atoms with Crippen LogP contribution in [0.3, 0.4) is 0 Å². The molecule has 0 aliphatic heterocycles. The fraction of sp³-hybridized carbons (Fsp3) is 1.00. The Morgan fingerprint density at radius 2 is 2.08 bits per heavy atom. The molecule has 3 nitrogen and oxygen atoms in total. The Bertz CT molecular complexity index is 96.9. The van der Waals surface area contributed by atoms with Gasteiger partial charge < -0.3 is 15.2 Å². The minimum absolute atomic E-state index is 0.200. The van der Waals surface area contributed by atoms with E-state index < -0.39 is 0 Å². The maximum Gasteiger partial charge on any atom is 0.0590 e. The van der Waals surface area contributed by atoms with Gasteiger partial charge in [0.05, 0.1) is 12.7 Å². The Hall–Kier alpha value is -0.120. The lowest BCUT2D eigenvalue weighted by Gasteiger charge is -2.06. The second kappa shape index (κ2) is 9.96. The molecule has 0 spiro atoms.